The number of hydrogen-bond acceptors (Lipinski definition) is 3. The molecule has 0 bridgehead atoms. The smallest absolute Gasteiger partial charge is 0.167 e. The third-order valence-electron chi connectivity index (χ3n) is 2.12. The van der Waals surface area contributed by atoms with Crippen molar-refractivity contribution in [2.24, 2.45) is 0 Å². The van der Waals surface area contributed by atoms with E-state index in [1.165, 1.54) is 23.0 Å². The van der Waals surface area contributed by atoms with Crippen LogP contribution in [0.3, 0.4) is 0 Å². The molecule has 1 heterocycles. The number of nitrogens with zero attached hydrogens (tertiary/aromatic N) is 3. The van der Waals surface area contributed by atoms with Gasteiger partial charge in [-0.15, -0.1) is 5.10 Å². The van der Waals surface area contributed by atoms with Crippen molar-refractivity contribution in [3.8, 4) is 5.69 Å². The van der Waals surface area contributed by atoms with Crippen molar-refractivity contribution in [3.05, 3.63) is 40.9 Å². The number of aromatic nitrogens is 3. The van der Waals surface area contributed by atoms with Gasteiger partial charge in [0.2, 0.25) is 0 Å². The normalized spacial score (nSPS) is 12.8. The van der Waals surface area contributed by atoms with Crippen molar-refractivity contribution in [3.63, 3.8) is 0 Å². The summed E-state index contributed by atoms with van der Waals surface area (Å²) in [5, 5.41) is 16.7. The molecule has 0 aliphatic carbocycles. The summed E-state index contributed by atoms with van der Waals surface area (Å²) in [4.78, 5) is 0. The average Bonchev–Trinajstić information content (AvgIpc) is 2.71. The van der Waals surface area contributed by atoms with Gasteiger partial charge >= 0.3 is 0 Å². The lowest BCUT2D eigenvalue weighted by Gasteiger charge is -2.02. The molecule has 1 unspecified atom stereocenters. The van der Waals surface area contributed by atoms with Gasteiger partial charge in [-0.3, -0.25) is 0 Å². The first-order valence-electron chi connectivity index (χ1n) is 4.64. The SMILES string of the molecule is CC(O)c1cn(-c2cccc(Cl)c2F)nn1. The summed E-state index contributed by atoms with van der Waals surface area (Å²) in [6.07, 6.45) is 0.718. The molecule has 0 amide bonds. The summed E-state index contributed by atoms with van der Waals surface area (Å²) < 4.78 is 14.9. The maximum atomic E-state index is 13.6. The Labute approximate surface area is 96.3 Å². The van der Waals surface area contributed by atoms with Crippen molar-refractivity contribution < 1.29 is 9.50 Å². The largest absolute Gasteiger partial charge is 0.387 e. The van der Waals surface area contributed by atoms with Crippen molar-refractivity contribution in [1.29, 1.82) is 0 Å². The van der Waals surface area contributed by atoms with Crippen molar-refractivity contribution in [2.75, 3.05) is 0 Å². The van der Waals surface area contributed by atoms with E-state index in [-0.39, 0.29) is 10.7 Å². The standard InChI is InChI=1S/C10H9ClFN3O/c1-6(16)8-5-15(14-13-8)9-4-2-3-7(11)10(9)12/h2-6,16H,1H3. The molecule has 1 atom stereocenters. The van der Waals surface area contributed by atoms with E-state index in [0.29, 0.717) is 5.69 Å². The quantitative estimate of drug-likeness (QED) is 0.876. The number of hydrogen-bond donors (Lipinski definition) is 1. The lowest BCUT2D eigenvalue weighted by atomic mass is 10.3. The van der Waals surface area contributed by atoms with Crippen LogP contribution in [0, 0.1) is 5.82 Å². The summed E-state index contributed by atoms with van der Waals surface area (Å²) in [6.45, 7) is 1.56. The van der Waals surface area contributed by atoms with Crippen LogP contribution in [-0.2, 0) is 0 Å². The molecule has 4 nitrogen and oxygen atoms in total. The molecule has 1 N–H and O–H groups in total. The maximum absolute atomic E-state index is 13.6. The van der Waals surface area contributed by atoms with Gasteiger partial charge < -0.3 is 5.11 Å². The van der Waals surface area contributed by atoms with Crippen LogP contribution in [-0.4, -0.2) is 20.1 Å². The first-order valence-corrected chi connectivity index (χ1v) is 5.02. The molecule has 1 aromatic heterocycles. The molecule has 16 heavy (non-hydrogen) atoms. The van der Waals surface area contributed by atoms with Gasteiger partial charge in [0.15, 0.2) is 5.82 Å². The van der Waals surface area contributed by atoms with E-state index in [2.05, 4.69) is 10.3 Å². The predicted octanol–water partition coefficient (Wildman–Crippen LogP) is 2.11. The molecule has 6 heteroatoms. The van der Waals surface area contributed by atoms with Gasteiger partial charge in [0.05, 0.1) is 17.3 Å². The predicted molar refractivity (Wildman–Crippen MR) is 57.0 cm³/mol. The minimum Gasteiger partial charge on any atom is -0.387 e. The molecule has 0 radical (unpaired) electrons. The molecule has 2 aromatic rings. The molecule has 0 aliphatic heterocycles. The van der Waals surface area contributed by atoms with Crippen LogP contribution < -0.4 is 0 Å². The highest BCUT2D eigenvalue weighted by Gasteiger charge is 2.12. The zero-order valence-corrected chi connectivity index (χ0v) is 9.19. The number of halogens is 2. The van der Waals surface area contributed by atoms with Crippen LogP contribution in [0.1, 0.15) is 18.7 Å². The number of aliphatic hydroxyl groups excluding tert-OH is 1. The van der Waals surface area contributed by atoms with Crippen LogP contribution in [0.2, 0.25) is 5.02 Å². The fourth-order valence-electron chi connectivity index (χ4n) is 1.26. The first-order chi connectivity index (χ1) is 7.59. The van der Waals surface area contributed by atoms with E-state index in [9.17, 15) is 9.50 Å². The van der Waals surface area contributed by atoms with E-state index in [1.54, 1.807) is 13.0 Å². The zero-order chi connectivity index (χ0) is 11.7. The third-order valence-corrected chi connectivity index (χ3v) is 2.41. The molecule has 0 spiro atoms. The molecule has 0 fully saturated rings. The molecule has 0 aliphatic rings. The first kappa shape index (κ1) is 11.0. The van der Waals surface area contributed by atoms with Crippen molar-refractivity contribution >= 4 is 11.6 Å². The second kappa shape index (κ2) is 4.19. The molecular weight excluding hydrogens is 233 g/mol. The Bertz CT molecular complexity index is 513. The van der Waals surface area contributed by atoms with E-state index in [4.69, 9.17) is 11.6 Å². The van der Waals surface area contributed by atoms with Crippen molar-refractivity contribution in [2.45, 2.75) is 13.0 Å². The number of benzene rings is 1. The Balaban J connectivity index is 2.47. The summed E-state index contributed by atoms with van der Waals surface area (Å²) in [7, 11) is 0. The number of aliphatic hydroxyl groups is 1. The van der Waals surface area contributed by atoms with Gasteiger partial charge in [-0.05, 0) is 19.1 Å². The summed E-state index contributed by atoms with van der Waals surface area (Å²) >= 11 is 5.65. The Kier molecular flexibility index (Phi) is 2.89. The van der Waals surface area contributed by atoms with Gasteiger partial charge in [0, 0.05) is 0 Å². The number of rotatable bonds is 2. The highest BCUT2D eigenvalue weighted by Crippen LogP contribution is 2.21. The molecule has 0 saturated heterocycles. The van der Waals surface area contributed by atoms with Crippen LogP contribution in [0.5, 0.6) is 0 Å². The maximum Gasteiger partial charge on any atom is 0.167 e. The van der Waals surface area contributed by atoms with Crippen molar-refractivity contribution in [1.82, 2.24) is 15.0 Å². The van der Waals surface area contributed by atoms with E-state index < -0.39 is 11.9 Å². The Morgan fingerprint density at radius 2 is 2.25 bits per heavy atom. The van der Waals surface area contributed by atoms with Crippen LogP contribution in [0.15, 0.2) is 24.4 Å². The molecule has 1 aromatic carbocycles. The lowest BCUT2D eigenvalue weighted by Crippen LogP contribution is -1.98. The highest BCUT2D eigenvalue weighted by atomic mass is 35.5. The molecule has 0 saturated carbocycles. The van der Waals surface area contributed by atoms with Gasteiger partial charge in [-0.2, -0.15) is 0 Å². The lowest BCUT2D eigenvalue weighted by molar-refractivity contribution is 0.194. The third kappa shape index (κ3) is 1.91. The van der Waals surface area contributed by atoms with Gasteiger partial charge in [-0.25, -0.2) is 9.07 Å². The van der Waals surface area contributed by atoms with E-state index in [1.807, 2.05) is 0 Å². The van der Waals surface area contributed by atoms with E-state index in [0.717, 1.165) is 0 Å². The Morgan fingerprint density at radius 3 is 2.88 bits per heavy atom. The summed E-state index contributed by atoms with van der Waals surface area (Å²) in [5.74, 6) is -0.564. The fraction of sp³-hybridized carbons (Fsp3) is 0.200. The van der Waals surface area contributed by atoms with E-state index >= 15 is 0 Å². The second-order valence-corrected chi connectivity index (χ2v) is 3.74. The fourth-order valence-corrected chi connectivity index (χ4v) is 1.42. The zero-order valence-electron chi connectivity index (χ0n) is 8.43. The van der Waals surface area contributed by atoms with Gasteiger partial charge in [-0.1, -0.05) is 22.9 Å². The second-order valence-electron chi connectivity index (χ2n) is 3.34. The minimum absolute atomic E-state index is 0.0200. The molecular formula is C10H9ClFN3O. The van der Waals surface area contributed by atoms with Crippen LogP contribution >= 0.6 is 11.6 Å². The minimum atomic E-state index is -0.740. The highest BCUT2D eigenvalue weighted by molar-refractivity contribution is 6.30. The average molecular weight is 242 g/mol. The summed E-state index contributed by atoms with van der Waals surface area (Å²) in [6, 6.07) is 4.60. The Morgan fingerprint density at radius 1 is 1.50 bits per heavy atom. The van der Waals surface area contributed by atoms with Gasteiger partial charge in [0.1, 0.15) is 11.4 Å². The molecule has 84 valence electrons. The van der Waals surface area contributed by atoms with Gasteiger partial charge in [0.25, 0.3) is 0 Å². The monoisotopic (exact) mass is 241 g/mol. The topological polar surface area (TPSA) is 50.9 Å². The molecule has 2 rings (SSSR count). The van der Waals surface area contributed by atoms with Crippen LogP contribution in [0.4, 0.5) is 4.39 Å². The Hall–Kier alpha value is -1.46. The van der Waals surface area contributed by atoms with Crippen LogP contribution in [0.25, 0.3) is 5.69 Å². The summed E-state index contributed by atoms with van der Waals surface area (Å²) in [5.41, 5.74) is 0.575.